The third-order valence-corrected chi connectivity index (χ3v) is 6.55. The van der Waals surface area contributed by atoms with Crippen molar-refractivity contribution in [3.05, 3.63) is 95.3 Å². The Balaban J connectivity index is 1.62. The van der Waals surface area contributed by atoms with Gasteiger partial charge in [0.15, 0.2) is 17.6 Å². The Bertz CT molecular complexity index is 1460. The van der Waals surface area contributed by atoms with Crippen LogP contribution in [0.3, 0.4) is 0 Å². The summed E-state index contributed by atoms with van der Waals surface area (Å²) in [6.07, 6.45) is 1.13. The number of para-hydroxylation sites is 2. The molecule has 0 aliphatic carbocycles. The Morgan fingerprint density at radius 1 is 0.944 bits per heavy atom. The van der Waals surface area contributed by atoms with Gasteiger partial charge in [0.2, 0.25) is 5.95 Å². The molecular formula is C28H26N4O4. The second kappa shape index (κ2) is 8.96. The molecule has 1 N–H and O–H groups in total. The highest BCUT2D eigenvalue weighted by Crippen LogP contribution is 2.52. The molecule has 0 unspecified atom stereocenters. The number of nitrogens with zero attached hydrogens (tertiary/aromatic N) is 3. The number of ether oxygens (including phenoxy) is 4. The van der Waals surface area contributed by atoms with Crippen LogP contribution >= 0.6 is 0 Å². The third-order valence-electron chi connectivity index (χ3n) is 6.55. The van der Waals surface area contributed by atoms with E-state index in [1.54, 1.807) is 20.5 Å². The molecule has 0 radical (unpaired) electrons. The van der Waals surface area contributed by atoms with E-state index in [1.165, 1.54) is 0 Å². The molecule has 3 aromatic carbocycles. The molecule has 2 aliphatic heterocycles. The number of fused-ring (bicyclic) bond motifs is 3. The highest BCUT2D eigenvalue weighted by atomic mass is 16.5. The molecule has 2 aliphatic rings. The van der Waals surface area contributed by atoms with Gasteiger partial charge in [0.1, 0.15) is 23.9 Å². The van der Waals surface area contributed by atoms with Crippen LogP contribution in [0.4, 0.5) is 5.95 Å². The van der Waals surface area contributed by atoms with Crippen molar-refractivity contribution in [1.82, 2.24) is 14.8 Å². The van der Waals surface area contributed by atoms with Crippen molar-refractivity contribution in [3.63, 3.8) is 0 Å². The van der Waals surface area contributed by atoms with Crippen LogP contribution in [0.15, 0.2) is 78.6 Å². The molecule has 2 atom stereocenters. The lowest BCUT2D eigenvalue weighted by molar-refractivity contribution is 0.215. The van der Waals surface area contributed by atoms with Gasteiger partial charge in [-0.3, -0.25) is 0 Å². The summed E-state index contributed by atoms with van der Waals surface area (Å²) in [5.74, 6) is 3.53. The Labute approximate surface area is 209 Å². The molecule has 0 saturated heterocycles. The van der Waals surface area contributed by atoms with Crippen LogP contribution in [0.25, 0.3) is 5.70 Å². The summed E-state index contributed by atoms with van der Waals surface area (Å²) in [6, 6.07) is 21.6. The van der Waals surface area contributed by atoms with E-state index in [0.29, 0.717) is 24.1 Å². The minimum Gasteiger partial charge on any atom is -0.493 e. The molecule has 8 nitrogen and oxygen atoms in total. The van der Waals surface area contributed by atoms with E-state index >= 15 is 0 Å². The van der Waals surface area contributed by atoms with Gasteiger partial charge in [-0.25, -0.2) is 4.68 Å². The first-order valence-corrected chi connectivity index (χ1v) is 11.8. The van der Waals surface area contributed by atoms with Crippen molar-refractivity contribution in [2.24, 2.45) is 0 Å². The van der Waals surface area contributed by atoms with Crippen LogP contribution < -0.4 is 24.3 Å². The summed E-state index contributed by atoms with van der Waals surface area (Å²) in [6.45, 7) is 2.53. The van der Waals surface area contributed by atoms with E-state index in [4.69, 9.17) is 18.9 Å². The standard InChI is InChI=1S/C28H26N4O4/c1-4-35-20-11-7-6-10-19(20)27-24-25(18-9-5-8-12-21(18)36-27)31-28-29-16-30-32(28)26(24)17-13-14-22(33-2)23(15-17)34-3/h5-16,26-27H,4H2,1-3H3,(H,29,30,31)/t26-,27+/m0/s1. The Kier molecular flexibility index (Phi) is 5.48. The second-order valence-electron chi connectivity index (χ2n) is 8.47. The number of aromatic nitrogens is 3. The molecule has 0 amide bonds. The van der Waals surface area contributed by atoms with Crippen molar-refractivity contribution in [3.8, 4) is 23.0 Å². The number of anilines is 1. The van der Waals surface area contributed by atoms with E-state index in [2.05, 4.69) is 27.5 Å². The van der Waals surface area contributed by atoms with E-state index < -0.39 is 6.10 Å². The minimum absolute atomic E-state index is 0.313. The first kappa shape index (κ1) is 22.0. The van der Waals surface area contributed by atoms with Gasteiger partial charge in [-0.2, -0.15) is 10.1 Å². The van der Waals surface area contributed by atoms with Crippen LogP contribution in [0.5, 0.6) is 23.0 Å². The molecule has 1 aromatic heterocycles. The number of hydrogen-bond acceptors (Lipinski definition) is 7. The maximum Gasteiger partial charge on any atom is 0.226 e. The summed E-state index contributed by atoms with van der Waals surface area (Å²) in [5, 5.41) is 8.13. The van der Waals surface area contributed by atoms with Crippen LogP contribution in [-0.4, -0.2) is 35.6 Å². The summed E-state index contributed by atoms with van der Waals surface area (Å²) in [7, 11) is 3.27. The molecule has 0 fully saturated rings. The lowest BCUT2D eigenvalue weighted by atomic mass is 9.84. The predicted octanol–water partition coefficient (Wildman–Crippen LogP) is 5.25. The van der Waals surface area contributed by atoms with Crippen molar-refractivity contribution in [2.45, 2.75) is 19.1 Å². The molecule has 182 valence electrons. The van der Waals surface area contributed by atoms with Crippen LogP contribution in [0, 0.1) is 0 Å². The van der Waals surface area contributed by atoms with Gasteiger partial charge in [0, 0.05) is 16.7 Å². The van der Waals surface area contributed by atoms with Gasteiger partial charge in [-0.1, -0.05) is 36.4 Å². The number of nitrogens with one attached hydrogen (secondary N) is 1. The normalized spacial score (nSPS) is 17.8. The summed E-state index contributed by atoms with van der Waals surface area (Å²) in [4.78, 5) is 4.50. The molecule has 0 bridgehead atoms. The molecule has 36 heavy (non-hydrogen) atoms. The number of rotatable bonds is 6. The van der Waals surface area contributed by atoms with Crippen LogP contribution in [0.1, 0.15) is 35.8 Å². The number of hydrogen-bond donors (Lipinski definition) is 1. The Morgan fingerprint density at radius 3 is 2.58 bits per heavy atom. The Hall–Kier alpha value is -4.46. The zero-order valence-corrected chi connectivity index (χ0v) is 20.3. The lowest BCUT2D eigenvalue weighted by Crippen LogP contribution is -2.32. The predicted molar refractivity (Wildman–Crippen MR) is 136 cm³/mol. The van der Waals surface area contributed by atoms with Crippen molar-refractivity contribution in [2.75, 3.05) is 26.1 Å². The van der Waals surface area contributed by atoms with Crippen LogP contribution in [0.2, 0.25) is 0 Å². The lowest BCUT2D eigenvalue weighted by Gasteiger charge is -2.39. The average Bonchev–Trinajstić information content (AvgIpc) is 3.40. The van der Waals surface area contributed by atoms with Gasteiger partial charge < -0.3 is 24.3 Å². The van der Waals surface area contributed by atoms with Gasteiger partial charge in [0.25, 0.3) is 0 Å². The maximum absolute atomic E-state index is 6.72. The van der Waals surface area contributed by atoms with E-state index in [0.717, 1.165) is 39.5 Å². The fourth-order valence-corrected chi connectivity index (χ4v) is 5.00. The first-order chi connectivity index (χ1) is 17.7. The Morgan fingerprint density at radius 2 is 1.75 bits per heavy atom. The third kappa shape index (κ3) is 3.45. The topological polar surface area (TPSA) is 79.7 Å². The molecule has 6 rings (SSSR count). The van der Waals surface area contributed by atoms with E-state index in [9.17, 15) is 0 Å². The molecule has 3 heterocycles. The van der Waals surface area contributed by atoms with Crippen molar-refractivity contribution in [1.29, 1.82) is 0 Å². The molecule has 0 spiro atoms. The highest BCUT2D eigenvalue weighted by molar-refractivity contribution is 5.85. The smallest absolute Gasteiger partial charge is 0.226 e. The highest BCUT2D eigenvalue weighted by Gasteiger charge is 2.42. The molecule has 8 heteroatoms. The summed E-state index contributed by atoms with van der Waals surface area (Å²) >= 11 is 0. The fourth-order valence-electron chi connectivity index (χ4n) is 5.00. The summed E-state index contributed by atoms with van der Waals surface area (Å²) in [5.41, 5.74) is 4.84. The molecule has 4 aromatic rings. The molecular weight excluding hydrogens is 456 g/mol. The van der Waals surface area contributed by atoms with Gasteiger partial charge >= 0.3 is 0 Å². The summed E-state index contributed by atoms with van der Waals surface area (Å²) < 4.78 is 25.8. The van der Waals surface area contributed by atoms with E-state index in [1.807, 2.05) is 66.2 Å². The van der Waals surface area contributed by atoms with Gasteiger partial charge in [-0.05, 0) is 42.8 Å². The van der Waals surface area contributed by atoms with Gasteiger partial charge in [-0.15, -0.1) is 0 Å². The number of benzene rings is 3. The largest absolute Gasteiger partial charge is 0.493 e. The van der Waals surface area contributed by atoms with Crippen molar-refractivity contribution >= 4 is 11.6 Å². The zero-order valence-electron chi connectivity index (χ0n) is 20.3. The first-order valence-electron chi connectivity index (χ1n) is 11.8. The fraction of sp³-hybridized carbons (Fsp3) is 0.214. The van der Waals surface area contributed by atoms with Crippen molar-refractivity contribution < 1.29 is 18.9 Å². The van der Waals surface area contributed by atoms with E-state index in [-0.39, 0.29) is 6.04 Å². The molecule has 0 saturated carbocycles. The average molecular weight is 483 g/mol. The zero-order chi connectivity index (χ0) is 24.6. The number of methoxy groups -OCH3 is 2. The van der Waals surface area contributed by atoms with Crippen LogP contribution in [-0.2, 0) is 0 Å². The quantitative estimate of drug-likeness (QED) is 0.402. The maximum atomic E-state index is 6.72. The SMILES string of the molecule is CCOc1ccccc1[C@H]1Oc2ccccc2C2=C1[C@H](c1ccc(OC)c(OC)c1)n1ncnc1N2. The minimum atomic E-state index is -0.430. The second-order valence-corrected chi connectivity index (χ2v) is 8.47. The van der Waals surface area contributed by atoms with Gasteiger partial charge in [0.05, 0.1) is 26.5 Å². The monoisotopic (exact) mass is 482 g/mol.